The van der Waals surface area contributed by atoms with E-state index in [1.165, 1.54) is 0 Å². The molecule has 2 N–H and O–H groups in total. The monoisotopic (exact) mass is 302 g/mol. The predicted octanol–water partition coefficient (Wildman–Crippen LogP) is 1.50. The summed E-state index contributed by atoms with van der Waals surface area (Å²) in [6.45, 7) is 13.8. The van der Waals surface area contributed by atoms with Crippen LogP contribution < -0.4 is 5.73 Å². The second-order valence-electron chi connectivity index (χ2n) is 7.23. The highest BCUT2D eigenvalue weighted by Gasteiger charge is 2.52. The van der Waals surface area contributed by atoms with Crippen molar-refractivity contribution < 1.29 is 14.2 Å². The van der Waals surface area contributed by atoms with Gasteiger partial charge in [0.15, 0.2) is 0 Å². The fourth-order valence-electron chi connectivity index (χ4n) is 3.37. The van der Waals surface area contributed by atoms with Gasteiger partial charge in [0.2, 0.25) is 0 Å². The third-order valence-electron chi connectivity index (χ3n) is 4.70. The van der Waals surface area contributed by atoms with Crippen molar-refractivity contribution in [2.75, 3.05) is 40.5 Å². The van der Waals surface area contributed by atoms with E-state index in [2.05, 4.69) is 39.5 Å². The topological polar surface area (TPSA) is 57.0 Å². The minimum atomic E-state index is -0.286. The Morgan fingerprint density at radius 1 is 1.14 bits per heavy atom. The van der Waals surface area contributed by atoms with Gasteiger partial charge in [-0.25, -0.2) is 0 Å². The first-order valence-corrected chi connectivity index (χ1v) is 7.83. The summed E-state index contributed by atoms with van der Waals surface area (Å²) in [5, 5.41) is 0. The lowest BCUT2D eigenvalue weighted by Gasteiger charge is -2.36. The average Bonchev–Trinajstić information content (AvgIpc) is 2.51. The Labute approximate surface area is 130 Å². The van der Waals surface area contributed by atoms with Crippen LogP contribution in [0.4, 0.5) is 0 Å². The summed E-state index contributed by atoms with van der Waals surface area (Å²) in [4.78, 5) is 2.39. The minimum absolute atomic E-state index is 0.0206. The van der Waals surface area contributed by atoms with Gasteiger partial charge >= 0.3 is 0 Å². The first-order chi connectivity index (χ1) is 9.65. The van der Waals surface area contributed by atoms with E-state index >= 15 is 0 Å². The Balaban J connectivity index is 2.81. The molecule has 0 aromatic carbocycles. The van der Waals surface area contributed by atoms with Gasteiger partial charge in [-0.3, -0.25) is 4.90 Å². The molecule has 1 fully saturated rings. The van der Waals surface area contributed by atoms with Crippen LogP contribution in [0, 0.1) is 5.92 Å². The molecule has 21 heavy (non-hydrogen) atoms. The summed E-state index contributed by atoms with van der Waals surface area (Å²) in [5.74, 6) is 0.281. The van der Waals surface area contributed by atoms with E-state index in [-0.39, 0.29) is 23.2 Å². The van der Waals surface area contributed by atoms with E-state index in [1.807, 2.05) is 0 Å². The number of nitrogens with two attached hydrogens (primary N) is 1. The summed E-state index contributed by atoms with van der Waals surface area (Å²) in [5.41, 5.74) is 5.96. The molecule has 0 aromatic rings. The van der Waals surface area contributed by atoms with Gasteiger partial charge in [-0.1, -0.05) is 0 Å². The van der Waals surface area contributed by atoms with E-state index in [0.29, 0.717) is 19.3 Å². The number of hydrogen-bond donors (Lipinski definition) is 1. The molecule has 1 saturated heterocycles. The SMILES string of the molecule is COCCN(CC1C(N)C(C)(C)OC1(C)C)C(C)COC. The van der Waals surface area contributed by atoms with Gasteiger partial charge < -0.3 is 19.9 Å². The lowest BCUT2D eigenvalue weighted by molar-refractivity contribution is -0.0800. The molecule has 0 aliphatic carbocycles. The van der Waals surface area contributed by atoms with Crippen molar-refractivity contribution in [1.29, 1.82) is 0 Å². The molecule has 0 radical (unpaired) electrons. The number of hydrogen-bond acceptors (Lipinski definition) is 5. The zero-order valence-corrected chi connectivity index (χ0v) is 14.8. The van der Waals surface area contributed by atoms with E-state index in [4.69, 9.17) is 19.9 Å². The molecule has 0 amide bonds. The Bertz CT molecular complexity index is 321. The van der Waals surface area contributed by atoms with Crippen molar-refractivity contribution in [1.82, 2.24) is 4.90 Å². The van der Waals surface area contributed by atoms with Crippen molar-refractivity contribution in [3.63, 3.8) is 0 Å². The normalized spacial score (nSPS) is 29.0. The maximum atomic E-state index is 6.47. The highest BCUT2D eigenvalue weighted by molar-refractivity contribution is 5.04. The van der Waals surface area contributed by atoms with E-state index in [0.717, 1.165) is 13.1 Å². The summed E-state index contributed by atoms with van der Waals surface area (Å²) in [6.07, 6.45) is 0. The molecule has 1 aliphatic heterocycles. The lowest BCUT2D eigenvalue weighted by Crippen LogP contribution is -2.51. The van der Waals surface area contributed by atoms with Crippen LogP contribution in [0.1, 0.15) is 34.6 Å². The third-order valence-corrected chi connectivity index (χ3v) is 4.70. The van der Waals surface area contributed by atoms with Crippen molar-refractivity contribution in [3.05, 3.63) is 0 Å². The molecule has 3 atom stereocenters. The van der Waals surface area contributed by atoms with Gasteiger partial charge in [-0.2, -0.15) is 0 Å². The Morgan fingerprint density at radius 3 is 2.19 bits per heavy atom. The smallest absolute Gasteiger partial charge is 0.0788 e. The van der Waals surface area contributed by atoms with Crippen LogP contribution in [0.5, 0.6) is 0 Å². The van der Waals surface area contributed by atoms with Crippen molar-refractivity contribution >= 4 is 0 Å². The van der Waals surface area contributed by atoms with Crippen LogP contribution in [0.2, 0.25) is 0 Å². The van der Waals surface area contributed by atoms with Crippen LogP contribution in [-0.2, 0) is 14.2 Å². The fourth-order valence-corrected chi connectivity index (χ4v) is 3.37. The van der Waals surface area contributed by atoms with Gasteiger partial charge in [-0.05, 0) is 34.6 Å². The van der Waals surface area contributed by atoms with Crippen molar-refractivity contribution in [3.8, 4) is 0 Å². The summed E-state index contributed by atoms with van der Waals surface area (Å²) >= 11 is 0. The fraction of sp³-hybridized carbons (Fsp3) is 1.00. The van der Waals surface area contributed by atoms with E-state index in [1.54, 1.807) is 14.2 Å². The van der Waals surface area contributed by atoms with Crippen LogP contribution in [0.3, 0.4) is 0 Å². The van der Waals surface area contributed by atoms with Crippen LogP contribution >= 0.6 is 0 Å². The quantitative estimate of drug-likeness (QED) is 0.736. The van der Waals surface area contributed by atoms with Gasteiger partial charge in [0.1, 0.15) is 0 Å². The molecule has 126 valence electrons. The summed E-state index contributed by atoms with van der Waals surface area (Å²) < 4.78 is 16.7. The molecule has 1 heterocycles. The highest BCUT2D eigenvalue weighted by Crippen LogP contribution is 2.41. The Morgan fingerprint density at radius 2 is 1.76 bits per heavy atom. The van der Waals surface area contributed by atoms with Gasteiger partial charge in [-0.15, -0.1) is 0 Å². The number of ether oxygens (including phenoxy) is 3. The standard InChI is InChI=1S/C16H34N2O3/c1-12(11-20-7)18(8-9-19-6)10-13-14(17)16(4,5)21-15(13,2)3/h12-14H,8-11,17H2,1-7H3. The average molecular weight is 302 g/mol. The number of nitrogens with zero attached hydrogens (tertiary/aromatic N) is 1. The van der Waals surface area contributed by atoms with Gasteiger partial charge in [0, 0.05) is 45.3 Å². The van der Waals surface area contributed by atoms with Crippen LogP contribution in [0.15, 0.2) is 0 Å². The first-order valence-electron chi connectivity index (χ1n) is 7.83. The predicted molar refractivity (Wildman–Crippen MR) is 85.5 cm³/mol. The Hall–Kier alpha value is -0.200. The van der Waals surface area contributed by atoms with Crippen LogP contribution in [0.25, 0.3) is 0 Å². The van der Waals surface area contributed by atoms with Gasteiger partial charge in [0.25, 0.3) is 0 Å². The largest absolute Gasteiger partial charge is 0.383 e. The molecule has 5 heteroatoms. The summed E-state index contributed by atoms with van der Waals surface area (Å²) in [7, 11) is 3.47. The molecule has 5 nitrogen and oxygen atoms in total. The molecule has 1 aliphatic rings. The molecule has 0 aromatic heterocycles. The van der Waals surface area contributed by atoms with Crippen molar-refractivity contribution in [2.24, 2.45) is 11.7 Å². The van der Waals surface area contributed by atoms with E-state index < -0.39 is 0 Å². The zero-order chi connectivity index (χ0) is 16.3. The second-order valence-corrected chi connectivity index (χ2v) is 7.23. The zero-order valence-electron chi connectivity index (χ0n) is 14.8. The van der Waals surface area contributed by atoms with Gasteiger partial charge in [0.05, 0.1) is 24.4 Å². The summed E-state index contributed by atoms with van der Waals surface area (Å²) in [6, 6.07) is 0.351. The molecule has 0 saturated carbocycles. The van der Waals surface area contributed by atoms with Crippen LogP contribution in [-0.4, -0.2) is 68.7 Å². The molecular formula is C16H34N2O3. The molecule has 0 bridgehead atoms. The van der Waals surface area contributed by atoms with Crippen molar-refractivity contribution in [2.45, 2.75) is 57.9 Å². The highest BCUT2D eigenvalue weighted by atomic mass is 16.5. The van der Waals surface area contributed by atoms with E-state index in [9.17, 15) is 0 Å². The number of rotatable bonds is 8. The maximum absolute atomic E-state index is 6.47. The minimum Gasteiger partial charge on any atom is -0.383 e. The molecule has 3 unspecified atom stereocenters. The third kappa shape index (κ3) is 4.63. The lowest BCUT2D eigenvalue weighted by atomic mass is 9.82. The molecule has 0 spiro atoms. The molecule has 1 rings (SSSR count). The number of methoxy groups -OCH3 is 2. The molecular weight excluding hydrogens is 268 g/mol. The first kappa shape index (κ1) is 18.8. The second kappa shape index (κ2) is 7.38. The Kier molecular flexibility index (Phi) is 6.62. The maximum Gasteiger partial charge on any atom is 0.0788 e.